The van der Waals surface area contributed by atoms with Crippen molar-refractivity contribution in [2.24, 2.45) is 0 Å². The number of carbonyl (C=O) groups excluding carboxylic acids is 1. The minimum absolute atomic E-state index is 0.123. The molecule has 0 fully saturated rings. The first kappa shape index (κ1) is 18.9. The molecule has 0 bridgehead atoms. The second-order valence-electron chi connectivity index (χ2n) is 5.38. The van der Waals surface area contributed by atoms with Gasteiger partial charge in [-0.2, -0.15) is 13.2 Å². The topological polar surface area (TPSA) is 71.7 Å². The maximum atomic E-state index is 13.1. The van der Waals surface area contributed by atoms with Crippen molar-refractivity contribution < 1.29 is 32.2 Å². The molecule has 2 rings (SSSR count). The summed E-state index contributed by atoms with van der Waals surface area (Å²) >= 11 is 0. The smallest absolute Gasteiger partial charge is 0.425 e. The van der Waals surface area contributed by atoms with E-state index in [2.05, 4.69) is 9.73 Å². The zero-order chi connectivity index (χ0) is 18.3. The summed E-state index contributed by atoms with van der Waals surface area (Å²) in [4.78, 5) is 11.8. The van der Waals surface area contributed by atoms with Crippen LogP contribution in [0.4, 0.5) is 13.2 Å². The second-order valence-corrected chi connectivity index (χ2v) is 5.38. The normalized spacial score (nSPS) is 13.9. The van der Waals surface area contributed by atoms with E-state index in [0.717, 1.165) is 12.3 Å². The first-order chi connectivity index (χ1) is 11.8. The van der Waals surface area contributed by atoms with Crippen LogP contribution in [0.2, 0.25) is 0 Å². The summed E-state index contributed by atoms with van der Waals surface area (Å²) < 4.78 is 49.5. The molecule has 1 atom stereocenters. The summed E-state index contributed by atoms with van der Waals surface area (Å²) in [5, 5.41) is 12.3. The van der Waals surface area contributed by atoms with E-state index in [9.17, 15) is 23.1 Å². The Balaban J connectivity index is 1.80. The number of carbonyl (C=O) groups is 1. The summed E-state index contributed by atoms with van der Waals surface area (Å²) in [5.41, 5.74) is -3.36. The molecule has 2 N–H and O–H groups in total. The number of amides is 1. The first-order valence-corrected chi connectivity index (χ1v) is 7.60. The largest absolute Gasteiger partial charge is 0.494 e. The van der Waals surface area contributed by atoms with E-state index < -0.39 is 29.9 Å². The van der Waals surface area contributed by atoms with Gasteiger partial charge in [-0.25, -0.2) is 0 Å². The third-order valence-electron chi connectivity index (χ3n) is 3.47. The number of benzene rings is 1. The second kappa shape index (κ2) is 8.06. The predicted molar refractivity (Wildman–Crippen MR) is 82.8 cm³/mol. The van der Waals surface area contributed by atoms with E-state index in [0.29, 0.717) is 18.8 Å². The zero-order valence-corrected chi connectivity index (χ0v) is 13.3. The number of para-hydroxylation sites is 1. The molecule has 0 saturated carbocycles. The van der Waals surface area contributed by atoms with Crippen molar-refractivity contribution in [2.45, 2.75) is 24.6 Å². The zero-order valence-electron chi connectivity index (χ0n) is 13.3. The molecule has 8 heteroatoms. The van der Waals surface area contributed by atoms with Gasteiger partial charge in [0, 0.05) is 6.54 Å². The van der Waals surface area contributed by atoms with Crippen LogP contribution in [-0.2, 0) is 10.4 Å². The monoisotopic (exact) mass is 357 g/mol. The van der Waals surface area contributed by atoms with Crippen LogP contribution in [0.25, 0.3) is 0 Å². The van der Waals surface area contributed by atoms with Crippen LogP contribution in [-0.4, -0.2) is 30.3 Å². The van der Waals surface area contributed by atoms with Crippen molar-refractivity contribution in [3.63, 3.8) is 0 Å². The van der Waals surface area contributed by atoms with Crippen LogP contribution in [0.1, 0.15) is 18.6 Å². The Hall–Kier alpha value is -2.48. The van der Waals surface area contributed by atoms with Gasteiger partial charge in [-0.15, -0.1) is 0 Å². The van der Waals surface area contributed by atoms with Gasteiger partial charge < -0.3 is 19.6 Å². The number of halogens is 3. The summed E-state index contributed by atoms with van der Waals surface area (Å²) in [5.74, 6) is -0.989. The van der Waals surface area contributed by atoms with E-state index in [1.165, 1.54) is 6.07 Å². The van der Waals surface area contributed by atoms with Gasteiger partial charge in [-0.3, -0.25) is 4.79 Å². The highest BCUT2D eigenvalue weighted by molar-refractivity contribution is 5.77. The Morgan fingerprint density at radius 2 is 1.88 bits per heavy atom. The lowest BCUT2D eigenvalue weighted by Gasteiger charge is -2.27. The number of furan rings is 1. The molecular weight excluding hydrogens is 339 g/mol. The SMILES string of the molecule is O=C(C[C@@](O)(c1ccco1)C(F)(F)F)NCCCOc1ccccc1. The van der Waals surface area contributed by atoms with Gasteiger partial charge in [0.05, 0.1) is 19.3 Å². The van der Waals surface area contributed by atoms with E-state index in [4.69, 9.17) is 4.74 Å². The summed E-state index contributed by atoms with van der Waals surface area (Å²) in [6, 6.07) is 11.2. The molecule has 1 heterocycles. The molecule has 136 valence electrons. The predicted octanol–water partition coefficient (Wildman–Crippen LogP) is 3.00. The summed E-state index contributed by atoms with van der Waals surface area (Å²) in [6.45, 7) is 0.420. The number of rotatable bonds is 8. The number of hydrogen-bond acceptors (Lipinski definition) is 4. The molecule has 0 unspecified atom stereocenters. The third-order valence-corrected chi connectivity index (χ3v) is 3.47. The average molecular weight is 357 g/mol. The summed E-state index contributed by atoms with van der Waals surface area (Å²) in [6.07, 6.45) is -4.81. The van der Waals surface area contributed by atoms with Crippen LogP contribution in [0, 0.1) is 0 Å². The van der Waals surface area contributed by atoms with Gasteiger partial charge in [-0.05, 0) is 30.7 Å². The van der Waals surface area contributed by atoms with E-state index >= 15 is 0 Å². The minimum Gasteiger partial charge on any atom is -0.494 e. The molecule has 0 aliphatic rings. The molecule has 0 radical (unpaired) electrons. The number of ether oxygens (including phenoxy) is 1. The Labute approximate surface area is 142 Å². The van der Waals surface area contributed by atoms with Gasteiger partial charge in [0.1, 0.15) is 11.5 Å². The minimum atomic E-state index is -5.04. The van der Waals surface area contributed by atoms with Crippen LogP contribution in [0.5, 0.6) is 5.75 Å². The fourth-order valence-corrected chi connectivity index (χ4v) is 2.14. The standard InChI is InChI=1S/C17H18F3NO4/c18-17(19,20)16(23,14-8-4-10-25-14)12-15(22)21-9-5-11-24-13-6-2-1-3-7-13/h1-4,6-8,10,23H,5,9,11-12H2,(H,21,22)/t16-/m1/s1. The highest BCUT2D eigenvalue weighted by Gasteiger charge is 2.58. The third kappa shape index (κ3) is 4.99. The van der Waals surface area contributed by atoms with Gasteiger partial charge in [-0.1, -0.05) is 18.2 Å². The van der Waals surface area contributed by atoms with Gasteiger partial charge in [0.25, 0.3) is 0 Å². The summed E-state index contributed by atoms with van der Waals surface area (Å²) in [7, 11) is 0. The first-order valence-electron chi connectivity index (χ1n) is 7.60. The number of nitrogens with one attached hydrogen (secondary N) is 1. The maximum Gasteiger partial charge on any atom is 0.425 e. The molecular formula is C17H18F3NO4. The van der Waals surface area contributed by atoms with Crippen molar-refractivity contribution >= 4 is 5.91 Å². The van der Waals surface area contributed by atoms with Crippen molar-refractivity contribution in [3.05, 3.63) is 54.5 Å². The molecule has 25 heavy (non-hydrogen) atoms. The Morgan fingerprint density at radius 1 is 1.16 bits per heavy atom. The highest BCUT2D eigenvalue weighted by Crippen LogP contribution is 2.41. The molecule has 0 aliphatic carbocycles. The molecule has 0 spiro atoms. The quantitative estimate of drug-likeness (QED) is 0.713. The number of aliphatic hydroxyl groups is 1. The van der Waals surface area contributed by atoms with Gasteiger partial charge in [0.15, 0.2) is 0 Å². The molecule has 2 aromatic rings. The Bertz CT molecular complexity index is 658. The Kier molecular flexibility index (Phi) is 6.08. The fraction of sp³-hybridized carbons (Fsp3) is 0.353. The molecule has 0 saturated heterocycles. The van der Waals surface area contributed by atoms with Crippen LogP contribution < -0.4 is 10.1 Å². The molecule has 5 nitrogen and oxygen atoms in total. The van der Waals surface area contributed by atoms with Gasteiger partial charge in [0.2, 0.25) is 11.5 Å². The van der Waals surface area contributed by atoms with Crippen molar-refractivity contribution in [1.29, 1.82) is 0 Å². The van der Waals surface area contributed by atoms with E-state index in [1.54, 1.807) is 12.1 Å². The van der Waals surface area contributed by atoms with Crippen molar-refractivity contribution in [2.75, 3.05) is 13.2 Å². The lowest BCUT2D eigenvalue weighted by Crippen LogP contribution is -2.46. The molecule has 0 aliphatic heterocycles. The maximum absolute atomic E-state index is 13.1. The van der Waals surface area contributed by atoms with Crippen molar-refractivity contribution in [3.8, 4) is 5.75 Å². The van der Waals surface area contributed by atoms with E-state index in [1.807, 2.05) is 18.2 Å². The van der Waals surface area contributed by atoms with Crippen molar-refractivity contribution in [1.82, 2.24) is 5.32 Å². The highest BCUT2D eigenvalue weighted by atomic mass is 19.4. The fourth-order valence-electron chi connectivity index (χ4n) is 2.14. The number of hydrogen-bond donors (Lipinski definition) is 2. The molecule has 1 aromatic heterocycles. The molecule has 1 aromatic carbocycles. The Morgan fingerprint density at radius 3 is 2.48 bits per heavy atom. The van der Waals surface area contributed by atoms with Crippen LogP contribution >= 0.6 is 0 Å². The van der Waals surface area contributed by atoms with Crippen LogP contribution in [0.15, 0.2) is 53.1 Å². The lowest BCUT2D eigenvalue weighted by atomic mass is 9.95. The number of alkyl halides is 3. The van der Waals surface area contributed by atoms with Gasteiger partial charge >= 0.3 is 6.18 Å². The lowest BCUT2D eigenvalue weighted by molar-refractivity contribution is -0.273. The molecule has 1 amide bonds. The van der Waals surface area contributed by atoms with Crippen LogP contribution in [0.3, 0.4) is 0 Å². The van der Waals surface area contributed by atoms with E-state index in [-0.39, 0.29) is 6.54 Å². The average Bonchev–Trinajstić information content (AvgIpc) is 3.09.